The standard InChI is InChI=1S/C19H17N7O2S/c1-12-8-14(5-6-17(12)26-11-21-24-25-26)22-18(27)16-4-3-7-20-19(16)29-10-15-9-13(2)28-23-15/h3-9,11H,10H2,1-2H3,(H,22,27). The van der Waals surface area contributed by atoms with E-state index in [1.54, 1.807) is 23.0 Å². The molecule has 0 saturated carbocycles. The summed E-state index contributed by atoms with van der Waals surface area (Å²) in [6.45, 7) is 3.77. The summed E-state index contributed by atoms with van der Waals surface area (Å²) in [7, 11) is 0. The number of hydrogen-bond donors (Lipinski definition) is 1. The molecule has 0 fully saturated rings. The number of aryl methyl sites for hydroxylation is 2. The minimum atomic E-state index is -0.230. The molecule has 0 atom stereocenters. The van der Waals surface area contributed by atoms with Gasteiger partial charge in [-0.1, -0.05) is 16.9 Å². The second-order valence-electron chi connectivity index (χ2n) is 6.28. The van der Waals surface area contributed by atoms with Crippen molar-refractivity contribution in [3.05, 3.63) is 71.5 Å². The molecule has 0 bridgehead atoms. The maximum Gasteiger partial charge on any atom is 0.258 e. The van der Waals surface area contributed by atoms with Crippen LogP contribution >= 0.6 is 11.8 Å². The number of amides is 1. The Labute approximate surface area is 170 Å². The number of nitrogens with zero attached hydrogens (tertiary/aromatic N) is 6. The zero-order chi connectivity index (χ0) is 20.2. The number of nitrogens with one attached hydrogen (secondary N) is 1. The van der Waals surface area contributed by atoms with Crippen LogP contribution in [0.1, 0.15) is 27.4 Å². The topological polar surface area (TPSA) is 112 Å². The van der Waals surface area contributed by atoms with Crippen molar-refractivity contribution in [2.75, 3.05) is 5.32 Å². The van der Waals surface area contributed by atoms with Crippen LogP contribution in [0.3, 0.4) is 0 Å². The molecule has 9 nitrogen and oxygen atoms in total. The number of anilines is 1. The molecular weight excluding hydrogens is 390 g/mol. The lowest BCUT2D eigenvalue weighted by Gasteiger charge is -2.11. The molecule has 0 aliphatic carbocycles. The first kappa shape index (κ1) is 18.8. The van der Waals surface area contributed by atoms with Crippen molar-refractivity contribution in [3.63, 3.8) is 0 Å². The summed E-state index contributed by atoms with van der Waals surface area (Å²) in [4.78, 5) is 17.2. The molecule has 1 N–H and O–H groups in total. The number of aromatic nitrogens is 6. The fraction of sp³-hybridized carbons (Fsp3) is 0.158. The molecule has 0 spiro atoms. The van der Waals surface area contributed by atoms with Gasteiger partial charge in [-0.15, -0.1) is 5.10 Å². The van der Waals surface area contributed by atoms with Crippen LogP contribution in [0.5, 0.6) is 0 Å². The molecule has 3 heterocycles. The number of benzene rings is 1. The van der Waals surface area contributed by atoms with Crippen LogP contribution in [0.25, 0.3) is 5.69 Å². The maximum absolute atomic E-state index is 12.8. The second kappa shape index (κ2) is 8.23. The highest BCUT2D eigenvalue weighted by Crippen LogP contribution is 2.25. The molecule has 10 heteroatoms. The van der Waals surface area contributed by atoms with E-state index in [0.29, 0.717) is 22.0 Å². The highest BCUT2D eigenvalue weighted by Gasteiger charge is 2.15. The second-order valence-corrected chi connectivity index (χ2v) is 7.25. The summed E-state index contributed by atoms with van der Waals surface area (Å²) in [6.07, 6.45) is 3.19. The molecule has 1 amide bonds. The lowest BCUT2D eigenvalue weighted by atomic mass is 10.1. The van der Waals surface area contributed by atoms with Crippen LogP contribution < -0.4 is 5.32 Å². The number of carbonyl (C=O) groups excluding carboxylic acids is 1. The van der Waals surface area contributed by atoms with Gasteiger partial charge in [0, 0.05) is 23.7 Å². The third-order valence-electron chi connectivity index (χ3n) is 4.10. The van der Waals surface area contributed by atoms with Crippen LogP contribution in [0.2, 0.25) is 0 Å². The van der Waals surface area contributed by atoms with Crippen molar-refractivity contribution in [2.45, 2.75) is 24.6 Å². The summed E-state index contributed by atoms with van der Waals surface area (Å²) in [5.41, 5.74) is 3.75. The lowest BCUT2D eigenvalue weighted by molar-refractivity contribution is 0.102. The predicted molar refractivity (Wildman–Crippen MR) is 107 cm³/mol. The van der Waals surface area contributed by atoms with E-state index < -0.39 is 0 Å². The average molecular weight is 407 g/mol. The third-order valence-corrected chi connectivity index (χ3v) is 5.14. The zero-order valence-electron chi connectivity index (χ0n) is 15.7. The summed E-state index contributed by atoms with van der Waals surface area (Å²) in [5, 5.41) is 18.7. The first-order chi connectivity index (χ1) is 14.1. The van der Waals surface area contributed by atoms with Gasteiger partial charge in [0.25, 0.3) is 5.91 Å². The zero-order valence-corrected chi connectivity index (χ0v) is 16.6. The van der Waals surface area contributed by atoms with Crippen LogP contribution in [-0.4, -0.2) is 36.3 Å². The summed E-state index contributed by atoms with van der Waals surface area (Å²) < 4.78 is 6.65. The van der Waals surface area contributed by atoms with Gasteiger partial charge in [0.15, 0.2) is 0 Å². The van der Waals surface area contributed by atoms with Crippen LogP contribution in [-0.2, 0) is 5.75 Å². The Morgan fingerprint density at radius 2 is 2.14 bits per heavy atom. The Hall–Kier alpha value is -3.53. The number of rotatable bonds is 6. The van der Waals surface area contributed by atoms with Gasteiger partial charge < -0.3 is 9.84 Å². The van der Waals surface area contributed by atoms with E-state index in [0.717, 1.165) is 22.7 Å². The van der Waals surface area contributed by atoms with Crippen molar-refractivity contribution >= 4 is 23.4 Å². The smallest absolute Gasteiger partial charge is 0.258 e. The summed E-state index contributed by atoms with van der Waals surface area (Å²) in [6, 6.07) is 10.9. The van der Waals surface area contributed by atoms with Gasteiger partial charge in [0.05, 0.1) is 16.9 Å². The largest absolute Gasteiger partial charge is 0.361 e. The average Bonchev–Trinajstić information content (AvgIpc) is 3.38. The van der Waals surface area contributed by atoms with Crippen molar-refractivity contribution < 1.29 is 9.32 Å². The van der Waals surface area contributed by atoms with Gasteiger partial charge in [0.2, 0.25) is 0 Å². The van der Waals surface area contributed by atoms with Crippen molar-refractivity contribution in [1.29, 1.82) is 0 Å². The quantitative estimate of drug-likeness (QED) is 0.485. The molecule has 1 aromatic carbocycles. The molecule has 0 aliphatic rings. The molecule has 0 saturated heterocycles. The molecule has 3 aromatic heterocycles. The van der Waals surface area contributed by atoms with Gasteiger partial charge in [-0.25, -0.2) is 9.67 Å². The number of carbonyl (C=O) groups is 1. The molecule has 0 unspecified atom stereocenters. The van der Waals surface area contributed by atoms with Crippen LogP contribution in [0.15, 0.2) is 58.5 Å². The summed E-state index contributed by atoms with van der Waals surface area (Å²) >= 11 is 1.44. The van der Waals surface area contributed by atoms with Gasteiger partial charge in [-0.05, 0) is 60.2 Å². The van der Waals surface area contributed by atoms with Crippen molar-refractivity contribution in [3.8, 4) is 5.69 Å². The van der Waals surface area contributed by atoms with Gasteiger partial charge in [0.1, 0.15) is 17.1 Å². The normalized spacial score (nSPS) is 10.8. The van der Waals surface area contributed by atoms with Crippen LogP contribution in [0.4, 0.5) is 5.69 Å². The van der Waals surface area contributed by atoms with Gasteiger partial charge in [-0.2, -0.15) is 0 Å². The van der Waals surface area contributed by atoms with E-state index in [-0.39, 0.29) is 5.91 Å². The minimum Gasteiger partial charge on any atom is -0.361 e. The highest BCUT2D eigenvalue weighted by atomic mass is 32.2. The van der Waals surface area contributed by atoms with E-state index in [4.69, 9.17) is 4.52 Å². The Kier molecular flexibility index (Phi) is 5.34. The fourth-order valence-electron chi connectivity index (χ4n) is 2.77. The number of thioether (sulfide) groups is 1. The van der Waals surface area contributed by atoms with E-state index in [1.165, 1.54) is 18.1 Å². The van der Waals surface area contributed by atoms with Gasteiger partial charge >= 0.3 is 0 Å². The monoisotopic (exact) mass is 407 g/mol. The molecule has 0 aliphatic heterocycles. The van der Waals surface area contributed by atoms with E-state index in [9.17, 15) is 4.79 Å². The Balaban J connectivity index is 1.49. The molecule has 29 heavy (non-hydrogen) atoms. The van der Waals surface area contributed by atoms with Gasteiger partial charge in [-0.3, -0.25) is 4.79 Å². The lowest BCUT2D eigenvalue weighted by Crippen LogP contribution is -2.14. The molecular formula is C19H17N7O2S. The molecule has 146 valence electrons. The van der Waals surface area contributed by atoms with Crippen molar-refractivity contribution in [1.82, 2.24) is 30.3 Å². The summed E-state index contributed by atoms with van der Waals surface area (Å²) in [5.74, 6) is 1.08. The Morgan fingerprint density at radius 1 is 1.24 bits per heavy atom. The first-order valence-corrected chi connectivity index (χ1v) is 9.74. The minimum absolute atomic E-state index is 0.230. The number of pyridine rings is 1. The highest BCUT2D eigenvalue weighted by molar-refractivity contribution is 7.98. The van der Waals surface area contributed by atoms with E-state index in [1.807, 2.05) is 38.1 Å². The Morgan fingerprint density at radius 3 is 2.86 bits per heavy atom. The SMILES string of the molecule is Cc1cc(CSc2ncccc2C(=O)Nc2ccc(-n3cnnn3)c(C)c2)no1. The van der Waals surface area contributed by atoms with E-state index >= 15 is 0 Å². The first-order valence-electron chi connectivity index (χ1n) is 8.75. The molecule has 4 rings (SSSR count). The van der Waals surface area contributed by atoms with Crippen molar-refractivity contribution in [2.24, 2.45) is 0 Å². The number of hydrogen-bond acceptors (Lipinski definition) is 8. The number of tetrazole rings is 1. The predicted octanol–water partition coefficient (Wildman–Crippen LogP) is 3.21. The van der Waals surface area contributed by atoms with E-state index in [2.05, 4.69) is 31.0 Å². The maximum atomic E-state index is 12.8. The van der Waals surface area contributed by atoms with Crippen LogP contribution in [0, 0.1) is 13.8 Å². The third kappa shape index (κ3) is 4.32. The molecule has 4 aromatic rings. The fourth-order valence-corrected chi connectivity index (χ4v) is 3.64. The molecule has 0 radical (unpaired) electrons. The Bertz CT molecular complexity index is 1140.